The minimum atomic E-state index is -1.28. The lowest BCUT2D eigenvalue weighted by molar-refractivity contribution is -0.134. The molecule has 7 nitrogen and oxygen atoms in total. The minimum Gasteiger partial charge on any atom is -0.477 e. The maximum atomic E-state index is 15.0. The van der Waals surface area contributed by atoms with Gasteiger partial charge in [-0.05, 0) is 58.8 Å². The van der Waals surface area contributed by atoms with E-state index in [1.807, 2.05) is 11.8 Å². The van der Waals surface area contributed by atoms with Gasteiger partial charge in [0.2, 0.25) is 0 Å². The highest BCUT2D eigenvalue weighted by atomic mass is 19.1. The molecule has 4 N–H and O–H groups in total. The Kier molecular flexibility index (Phi) is 6.07. The lowest BCUT2D eigenvalue weighted by Gasteiger charge is -2.31. The van der Waals surface area contributed by atoms with E-state index in [1.165, 1.54) is 0 Å². The van der Waals surface area contributed by atoms with Crippen LogP contribution in [0.5, 0.6) is 0 Å². The van der Waals surface area contributed by atoms with Crippen LogP contribution in [0.25, 0.3) is 0 Å². The average Bonchev–Trinajstić information content (AvgIpc) is 2.99. The Morgan fingerprint density at radius 1 is 1.32 bits per heavy atom. The Morgan fingerprint density at radius 3 is 2.64 bits per heavy atom. The summed E-state index contributed by atoms with van der Waals surface area (Å²) in [6.45, 7) is 4.18. The molecule has 2 fully saturated rings. The van der Waals surface area contributed by atoms with Gasteiger partial charge < -0.3 is 26.0 Å². The van der Waals surface area contributed by atoms with Crippen LogP contribution in [-0.4, -0.2) is 65.4 Å². The molecule has 3 aliphatic rings. The van der Waals surface area contributed by atoms with Crippen LogP contribution < -0.4 is 11.1 Å². The van der Waals surface area contributed by atoms with Gasteiger partial charge in [-0.3, -0.25) is 4.79 Å². The topological polar surface area (TPSA) is 98.9 Å². The van der Waals surface area contributed by atoms with Crippen LogP contribution in [0.1, 0.15) is 39.0 Å². The van der Waals surface area contributed by atoms with Crippen LogP contribution in [0, 0.1) is 0 Å². The number of halogens is 1. The van der Waals surface area contributed by atoms with Crippen LogP contribution in [0.15, 0.2) is 34.6 Å². The lowest BCUT2D eigenvalue weighted by atomic mass is 10.0. The van der Waals surface area contributed by atoms with Gasteiger partial charge in [-0.2, -0.15) is 0 Å². The third-order valence-corrected chi connectivity index (χ3v) is 5.90. The van der Waals surface area contributed by atoms with Crippen LogP contribution in [0.4, 0.5) is 4.39 Å². The van der Waals surface area contributed by atoms with E-state index in [-0.39, 0.29) is 23.4 Å². The summed E-state index contributed by atoms with van der Waals surface area (Å²) in [7, 11) is 2.06. The number of carbonyl (C=O) groups excluding carboxylic acids is 1. The summed E-state index contributed by atoms with van der Waals surface area (Å²) in [6, 6.07) is 0.224. The summed E-state index contributed by atoms with van der Waals surface area (Å²) in [5.74, 6) is -2.58. The number of hydrogen-bond acceptors (Lipinski definition) is 6. The molecule has 0 spiro atoms. The van der Waals surface area contributed by atoms with E-state index in [9.17, 15) is 14.7 Å². The molecule has 0 aromatic heterocycles. The van der Waals surface area contributed by atoms with Crippen molar-refractivity contribution in [3.63, 3.8) is 0 Å². The number of ketones is 1. The van der Waals surface area contributed by atoms with Crippen molar-refractivity contribution in [2.45, 2.75) is 51.1 Å². The van der Waals surface area contributed by atoms with Gasteiger partial charge in [-0.15, -0.1) is 0 Å². The number of Topliss-reactive ketones (excluding diaryl/α,β-unsaturated/α-hetero) is 1. The fourth-order valence-electron chi connectivity index (χ4n) is 4.16. The number of nitrogens with one attached hydrogen (secondary N) is 1. The van der Waals surface area contributed by atoms with Crippen molar-refractivity contribution in [1.29, 1.82) is 0 Å². The van der Waals surface area contributed by atoms with E-state index in [1.54, 1.807) is 6.08 Å². The Bertz CT molecular complexity index is 751. The van der Waals surface area contributed by atoms with E-state index in [4.69, 9.17) is 5.73 Å². The highest BCUT2D eigenvalue weighted by Gasteiger charge is 2.33. The summed E-state index contributed by atoms with van der Waals surface area (Å²) in [5.41, 5.74) is 6.20. The number of nitrogens with zero attached hydrogens (tertiary/aromatic N) is 2. The zero-order chi connectivity index (χ0) is 20.4. The van der Waals surface area contributed by atoms with Gasteiger partial charge in [-0.25, -0.2) is 9.18 Å². The molecule has 0 aromatic rings. The molecule has 1 atom stereocenters. The maximum absolute atomic E-state index is 15.0. The Labute approximate surface area is 164 Å². The van der Waals surface area contributed by atoms with Crippen molar-refractivity contribution in [2.75, 3.05) is 26.7 Å². The first-order chi connectivity index (χ1) is 13.3. The molecule has 0 radical (unpaired) electrons. The first-order valence-corrected chi connectivity index (χ1v) is 9.84. The van der Waals surface area contributed by atoms with Gasteiger partial charge in [0.25, 0.3) is 0 Å². The Morgan fingerprint density at radius 2 is 2.00 bits per heavy atom. The minimum absolute atomic E-state index is 0.0850. The first-order valence-electron chi connectivity index (χ1n) is 9.84. The maximum Gasteiger partial charge on any atom is 0.341 e. The van der Waals surface area contributed by atoms with Crippen LogP contribution in [-0.2, 0) is 9.59 Å². The quantitative estimate of drug-likeness (QED) is 0.626. The van der Waals surface area contributed by atoms with E-state index in [0.29, 0.717) is 24.4 Å². The van der Waals surface area contributed by atoms with Crippen LogP contribution in [0.2, 0.25) is 0 Å². The summed E-state index contributed by atoms with van der Waals surface area (Å²) in [4.78, 5) is 28.5. The summed E-state index contributed by atoms with van der Waals surface area (Å²) >= 11 is 0. The van der Waals surface area contributed by atoms with Crippen molar-refractivity contribution in [3.05, 3.63) is 34.6 Å². The molecule has 0 aliphatic carbocycles. The number of fused-ring (bicyclic) bond motifs is 1. The Balaban J connectivity index is 1.94. The lowest BCUT2D eigenvalue weighted by Crippen LogP contribution is -2.41. The number of rotatable bonds is 3. The molecular formula is C20H29FN4O3. The van der Waals surface area contributed by atoms with Crippen molar-refractivity contribution in [3.8, 4) is 0 Å². The number of allylic oxidation sites excluding steroid dienone is 3. The van der Waals surface area contributed by atoms with Gasteiger partial charge in [0, 0.05) is 24.3 Å². The zero-order valence-corrected chi connectivity index (χ0v) is 16.5. The number of piperidine rings is 1. The van der Waals surface area contributed by atoms with Gasteiger partial charge in [-0.1, -0.05) is 0 Å². The number of nitrogens with two attached hydrogens (primary N) is 1. The zero-order valence-electron chi connectivity index (χ0n) is 16.5. The molecule has 3 rings (SSSR count). The SMILES string of the molecule is CC1CC/C2=C(\C(=O)O)C(=O)C/C(N)=C(F)\C(NC3CCN(C)CC3)=C/CN21. The second kappa shape index (κ2) is 8.34. The highest BCUT2D eigenvalue weighted by Crippen LogP contribution is 2.32. The second-order valence-corrected chi connectivity index (χ2v) is 7.95. The summed E-state index contributed by atoms with van der Waals surface area (Å²) in [5, 5.41) is 12.8. The summed E-state index contributed by atoms with van der Waals surface area (Å²) < 4.78 is 15.0. The number of carboxylic acid groups (broad SMARTS) is 1. The van der Waals surface area contributed by atoms with E-state index < -0.39 is 24.0 Å². The predicted molar refractivity (Wildman–Crippen MR) is 104 cm³/mol. The monoisotopic (exact) mass is 392 g/mol. The van der Waals surface area contributed by atoms with Crippen LogP contribution >= 0.6 is 0 Å². The number of aliphatic carboxylic acids is 1. The average molecular weight is 392 g/mol. The van der Waals surface area contributed by atoms with E-state index in [0.717, 1.165) is 32.4 Å². The van der Waals surface area contributed by atoms with Gasteiger partial charge >= 0.3 is 5.97 Å². The van der Waals surface area contributed by atoms with Gasteiger partial charge in [0.05, 0.1) is 17.8 Å². The number of hydrogen-bond donors (Lipinski definition) is 3. The molecule has 0 saturated carbocycles. The number of likely N-dealkylation sites (tertiary alicyclic amines) is 1. The van der Waals surface area contributed by atoms with E-state index >= 15 is 4.39 Å². The molecule has 3 heterocycles. The standard InChI is InChI=1S/C20H29FN4O3/c1-12-3-4-16-18(20(27)28)17(26)11-14(22)19(21)15(7-10-25(12)16)23-13-5-8-24(2)9-6-13/h7,12-13,23H,3-6,8-11,22H2,1-2H3,(H,27,28)/b15-7+,18-16+,19-14-. The largest absolute Gasteiger partial charge is 0.477 e. The third kappa shape index (κ3) is 4.22. The number of carboxylic acids is 1. The highest BCUT2D eigenvalue weighted by molar-refractivity contribution is 6.17. The molecule has 1 unspecified atom stereocenters. The molecule has 154 valence electrons. The first kappa shape index (κ1) is 20.4. The third-order valence-electron chi connectivity index (χ3n) is 5.90. The van der Waals surface area contributed by atoms with Crippen LogP contribution in [0.3, 0.4) is 0 Å². The summed E-state index contributed by atoms with van der Waals surface area (Å²) in [6.07, 6.45) is 4.37. The normalized spacial score (nSPS) is 32.7. The van der Waals surface area contributed by atoms with Gasteiger partial charge in [0.15, 0.2) is 11.6 Å². The van der Waals surface area contributed by atoms with Gasteiger partial charge in [0.1, 0.15) is 5.57 Å². The molecule has 0 bridgehead atoms. The molecule has 3 aliphatic heterocycles. The number of carbonyl (C=O) groups is 2. The predicted octanol–water partition coefficient (Wildman–Crippen LogP) is 1.49. The molecule has 2 saturated heterocycles. The van der Waals surface area contributed by atoms with E-state index in [2.05, 4.69) is 17.3 Å². The molecule has 8 heteroatoms. The smallest absolute Gasteiger partial charge is 0.341 e. The molecule has 0 amide bonds. The molecular weight excluding hydrogens is 363 g/mol. The van der Waals surface area contributed by atoms with Crippen molar-refractivity contribution in [2.24, 2.45) is 5.73 Å². The van der Waals surface area contributed by atoms with Crippen molar-refractivity contribution >= 4 is 11.8 Å². The van der Waals surface area contributed by atoms with Crippen molar-refractivity contribution < 1.29 is 19.1 Å². The molecule has 28 heavy (non-hydrogen) atoms. The Hall–Kier alpha value is -2.35. The fraction of sp³-hybridized carbons (Fsp3) is 0.600. The molecule has 0 aromatic carbocycles. The second-order valence-electron chi connectivity index (χ2n) is 7.95. The van der Waals surface area contributed by atoms with Crippen molar-refractivity contribution in [1.82, 2.24) is 15.1 Å². The fourth-order valence-corrected chi connectivity index (χ4v) is 4.16.